The number of carbonyl (C=O) groups is 1. The van der Waals surface area contributed by atoms with Crippen molar-refractivity contribution >= 4 is 5.97 Å². The molecule has 1 N–H and O–H groups in total. The maximum absolute atomic E-state index is 11.1. The summed E-state index contributed by atoms with van der Waals surface area (Å²) in [5.74, 6) is -0.826. The van der Waals surface area contributed by atoms with E-state index in [2.05, 4.69) is 17.2 Å². The van der Waals surface area contributed by atoms with Gasteiger partial charge in [0.1, 0.15) is 0 Å². The third-order valence-electron chi connectivity index (χ3n) is 3.38. The van der Waals surface area contributed by atoms with Crippen LogP contribution in [0.5, 0.6) is 0 Å². The van der Waals surface area contributed by atoms with Gasteiger partial charge in [-0.25, -0.2) is 9.48 Å². The van der Waals surface area contributed by atoms with E-state index in [-0.39, 0.29) is 0 Å². The summed E-state index contributed by atoms with van der Waals surface area (Å²) in [5, 5.41) is 16.6. The van der Waals surface area contributed by atoms with Gasteiger partial charge in [-0.3, -0.25) is 0 Å². The van der Waals surface area contributed by atoms with E-state index in [9.17, 15) is 4.79 Å². The Morgan fingerprint density at radius 1 is 1.16 bits per heavy atom. The van der Waals surface area contributed by atoms with Crippen molar-refractivity contribution in [1.29, 1.82) is 0 Å². The minimum absolute atomic E-state index is 0.567. The Labute approximate surface area is 115 Å². The lowest BCUT2D eigenvalue weighted by atomic mass is 10.0. The Morgan fingerprint density at radius 3 is 2.32 bits per heavy atom. The molecule has 108 valence electrons. The van der Waals surface area contributed by atoms with Crippen molar-refractivity contribution in [3.05, 3.63) is 12.4 Å². The Kier molecular flexibility index (Phi) is 7.86. The first-order chi connectivity index (χ1) is 9.25. The molecule has 1 atom stereocenters. The molecule has 0 spiro atoms. The summed E-state index contributed by atoms with van der Waals surface area (Å²) in [7, 11) is 0. The molecule has 5 heteroatoms. The van der Waals surface area contributed by atoms with E-state index in [1.54, 1.807) is 6.20 Å². The van der Waals surface area contributed by atoms with Crippen molar-refractivity contribution < 1.29 is 9.90 Å². The highest BCUT2D eigenvalue weighted by Gasteiger charge is 2.19. The van der Waals surface area contributed by atoms with Crippen LogP contribution in [-0.4, -0.2) is 26.1 Å². The second kappa shape index (κ2) is 9.53. The Balaban J connectivity index is 2.11. The van der Waals surface area contributed by atoms with Crippen LogP contribution in [-0.2, 0) is 4.79 Å². The molecule has 1 aromatic rings. The minimum Gasteiger partial charge on any atom is -0.480 e. The number of hydrogen-bond donors (Lipinski definition) is 1. The van der Waals surface area contributed by atoms with Gasteiger partial charge in [-0.05, 0) is 6.42 Å². The zero-order valence-electron chi connectivity index (χ0n) is 11.8. The molecule has 0 saturated heterocycles. The van der Waals surface area contributed by atoms with Crippen LogP contribution in [0, 0.1) is 0 Å². The van der Waals surface area contributed by atoms with Crippen LogP contribution in [0.1, 0.15) is 70.8 Å². The lowest BCUT2D eigenvalue weighted by molar-refractivity contribution is -0.141. The quantitative estimate of drug-likeness (QED) is 0.624. The Morgan fingerprint density at radius 2 is 1.79 bits per heavy atom. The maximum Gasteiger partial charge on any atom is 0.328 e. The van der Waals surface area contributed by atoms with Gasteiger partial charge in [0, 0.05) is 6.20 Å². The average Bonchev–Trinajstić information content (AvgIpc) is 2.90. The molecule has 0 fully saturated rings. The normalized spacial score (nSPS) is 12.5. The summed E-state index contributed by atoms with van der Waals surface area (Å²) in [4.78, 5) is 11.1. The number of carboxylic acids is 1. The largest absolute Gasteiger partial charge is 0.480 e. The monoisotopic (exact) mass is 267 g/mol. The van der Waals surface area contributed by atoms with Gasteiger partial charge in [-0.1, -0.05) is 63.5 Å². The molecule has 0 bridgehead atoms. The molecule has 19 heavy (non-hydrogen) atoms. The van der Waals surface area contributed by atoms with Crippen LogP contribution in [0.25, 0.3) is 0 Å². The van der Waals surface area contributed by atoms with Crippen molar-refractivity contribution in [3.8, 4) is 0 Å². The van der Waals surface area contributed by atoms with Crippen LogP contribution < -0.4 is 0 Å². The number of unbranched alkanes of at least 4 members (excludes halogenated alkanes) is 7. The number of aromatic nitrogens is 3. The number of carboxylic acid groups (broad SMARTS) is 1. The lowest BCUT2D eigenvalue weighted by Crippen LogP contribution is -2.19. The van der Waals surface area contributed by atoms with Crippen molar-refractivity contribution in [2.45, 2.75) is 70.8 Å². The van der Waals surface area contributed by atoms with Crippen molar-refractivity contribution in [2.75, 3.05) is 0 Å². The molecule has 0 radical (unpaired) electrons. The third-order valence-corrected chi connectivity index (χ3v) is 3.38. The molecule has 1 rings (SSSR count). The standard InChI is InChI=1S/C14H25N3O2/c1-2-3-4-5-6-7-8-9-10-13(14(18)19)17-12-11-15-16-17/h11-13H,2-10H2,1H3,(H,18,19). The molecule has 0 aliphatic rings. The van der Waals surface area contributed by atoms with E-state index < -0.39 is 12.0 Å². The first-order valence-electron chi connectivity index (χ1n) is 7.34. The van der Waals surface area contributed by atoms with Crippen LogP contribution in [0.15, 0.2) is 12.4 Å². The zero-order valence-corrected chi connectivity index (χ0v) is 11.8. The summed E-state index contributed by atoms with van der Waals surface area (Å²) in [6.45, 7) is 2.22. The van der Waals surface area contributed by atoms with E-state index in [1.807, 2.05) is 0 Å². The fourth-order valence-electron chi connectivity index (χ4n) is 2.22. The predicted molar refractivity (Wildman–Crippen MR) is 73.9 cm³/mol. The van der Waals surface area contributed by atoms with Crippen LogP contribution in [0.3, 0.4) is 0 Å². The molecular formula is C14H25N3O2. The smallest absolute Gasteiger partial charge is 0.328 e. The molecule has 0 aromatic carbocycles. The molecule has 1 heterocycles. The molecule has 0 saturated carbocycles. The van der Waals surface area contributed by atoms with Gasteiger partial charge in [-0.15, -0.1) is 5.10 Å². The highest BCUT2D eigenvalue weighted by Crippen LogP contribution is 2.16. The average molecular weight is 267 g/mol. The summed E-state index contributed by atoms with van der Waals surface area (Å²) in [6.07, 6.45) is 13.5. The van der Waals surface area contributed by atoms with Crippen LogP contribution in [0.2, 0.25) is 0 Å². The molecule has 5 nitrogen and oxygen atoms in total. The van der Waals surface area contributed by atoms with E-state index in [4.69, 9.17) is 5.11 Å². The SMILES string of the molecule is CCCCCCCCCCC(C(=O)O)n1ccnn1. The second-order valence-electron chi connectivity index (χ2n) is 5.00. The number of rotatable bonds is 11. The van der Waals surface area contributed by atoms with Crippen LogP contribution >= 0.6 is 0 Å². The summed E-state index contributed by atoms with van der Waals surface area (Å²) in [6, 6.07) is -0.567. The van der Waals surface area contributed by atoms with Gasteiger partial charge < -0.3 is 5.11 Å². The topological polar surface area (TPSA) is 68.0 Å². The molecule has 1 aromatic heterocycles. The van der Waals surface area contributed by atoms with Gasteiger partial charge in [0.05, 0.1) is 6.20 Å². The fourth-order valence-corrected chi connectivity index (χ4v) is 2.22. The van der Waals surface area contributed by atoms with E-state index in [0.29, 0.717) is 6.42 Å². The molecular weight excluding hydrogens is 242 g/mol. The van der Waals surface area contributed by atoms with Crippen molar-refractivity contribution in [1.82, 2.24) is 15.0 Å². The first kappa shape index (κ1) is 15.7. The van der Waals surface area contributed by atoms with E-state index >= 15 is 0 Å². The fraction of sp³-hybridized carbons (Fsp3) is 0.786. The highest BCUT2D eigenvalue weighted by molar-refractivity contribution is 5.71. The van der Waals surface area contributed by atoms with Gasteiger partial charge in [0.2, 0.25) is 0 Å². The molecule has 0 aliphatic heterocycles. The third kappa shape index (κ3) is 6.36. The molecule has 0 aliphatic carbocycles. The van der Waals surface area contributed by atoms with Gasteiger partial charge >= 0.3 is 5.97 Å². The highest BCUT2D eigenvalue weighted by atomic mass is 16.4. The summed E-state index contributed by atoms with van der Waals surface area (Å²) < 4.78 is 1.43. The van der Waals surface area contributed by atoms with E-state index in [0.717, 1.165) is 12.8 Å². The Hall–Kier alpha value is -1.39. The summed E-state index contributed by atoms with van der Waals surface area (Å²) >= 11 is 0. The first-order valence-corrected chi connectivity index (χ1v) is 7.34. The molecule has 1 unspecified atom stereocenters. The lowest BCUT2D eigenvalue weighted by Gasteiger charge is -2.11. The number of hydrogen-bond acceptors (Lipinski definition) is 3. The van der Waals surface area contributed by atoms with Gasteiger partial charge in [0.25, 0.3) is 0 Å². The summed E-state index contributed by atoms with van der Waals surface area (Å²) in [5.41, 5.74) is 0. The minimum atomic E-state index is -0.826. The molecule has 0 amide bonds. The maximum atomic E-state index is 11.1. The van der Waals surface area contributed by atoms with E-state index in [1.165, 1.54) is 49.4 Å². The predicted octanol–water partition coefficient (Wildman–Crippen LogP) is 3.43. The number of aliphatic carboxylic acids is 1. The van der Waals surface area contributed by atoms with Crippen molar-refractivity contribution in [3.63, 3.8) is 0 Å². The van der Waals surface area contributed by atoms with Gasteiger partial charge in [0.15, 0.2) is 6.04 Å². The zero-order chi connectivity index (χ0) is 13.9. The number of nitrogens with zero attached hydrogens (tertiary/aromatic N) is 3. The second-order valence-corrected chi connectivity index (χ2v) is 5.00. The van der Waals surface area contributed by atoms with Crippen molar-refractivity contribution in [2.24, 2.45) is 0 Å². The Bertz CT molecular complexity index is 338. The van der Waals surface area contributed by atoms with Gasteiger partial charge in [-0.2, -0.15) is 0 Å². The van der Waals surface area contributed by atoms with Crippen LogP contribution in [0.4, 0.5) is 0 Å².